The molecular weight excluding hydrogens is 301 g/mol. The number of nitrogens with zero attached hydrogens (tertiary/aromatic N) is 1. The number of benzene rings is 1. The summed E-state index contributed by atoms with van der Waals surface area (Å²) in [5.74, 6) is -0.434. The molecule has 0 saturated carbocycles. The van der Waals surface area contributed by atoms with Crippen molar-refractivity contribution in [2.24, 2.45) is 0 Å². The molecule has 2 rings (SSSR count). The van der Waals surface area contributed by atoms with Crippen LogP contribution in [0.3, 0.4) is 0 Å². The van der Waals surface area contributed by atoms with Crippen molar-refractivity contribution in [3.63, 3.8) is 0 Å². The monoisotopic (exact) mass is 311 g/mol. The van der Waals surface area contributed by atoms with Gasteiger partial charge in [0.05, 0.1) is 5.56 Å². The predicted molar refractivity (Wildman–Crippen MR) is 77.1 cm³/mol. The van der Waals surface area contributed by atoms with Crippen molar-refractivity contribution in [3.8, 4) is 11.6 Å². The second-order valence-corrected chi connectivity index (χ2v) is 4.92. The number of aryl methyl sites for hydroxylation is 1. The van der Waals surface area contributed by atoms with Gasteiger partial charge in [0.2, 0.25) is 5.88 Å². The van der Waals surface area contributed by atoms with Crippen molar-refractivity contribution in [2.75, 3.05) is 0 Å². The Labute approximate surface area is 125 Å². The van der Waals surface area contributed by atoms with Crippen LogP contribution < -0.4 is 4.74 Å². The van der Waals surface area contributed by atoms with Gasteiger partial charge in [0, 0.05) is 21.8 Å². The van der Waals surface area contributed by atoms with E-state index in [0.717, 1.165) is 0 Å². The van der Waals surface area contributed by atoms with Crippen molar-refractivity contribution in [1.29, 1.82) is 0 Å². The Bertz CT molecular complexity index is 639. The molecule has 0 amide bonds. The molecule has 0 bridgehead atoms. The minimum atomic E-state index is -1.03. The number of carboxylic acid groups (broad SMARTS) is 1. The van der Waals surface area contributed by atoms with Crippen LogP contribution in [0.4, 0.5) is 0 Å². The van der Waals surface area contributed by atoms with E-state index < -0.39 is 5.97 Å². The number of carboxylic acids is 1. The molecule has 2 aromatic rings. The van der Waals surface area contributed by atoms with Gasteiger partial charge in [-0.3, -0.25) is 0 Å². The SMILES string of the molecule is CCc1cc(C(=O)O)cc(Oc2cc(Cl)cc(Cl)c2)n1. The molecule has 20 heavy (non-hydrogen) atoms. The summed E-state index contributed by atoms with van der Waals surface area (Å²) in [5, 5.41) is 9.91. The maximum atomic E-state index is 11.1. The Kier molecular flexibility index (Phi) is 4.47. The van der Waals surface area contributed by atoms with Gasteiger partial charge in [-0.05, 0) is 30.7 Å². The van der Waals surface area contributed by atoms with E-state index in [1.165, 1.54) is 12.1 Å². The third-order valence-corrected chi connectivity index (χ3v) is 2.96. The average Bonchev–Trinajstić information content (AvgIpc) is 2.36. The van der Waals surface area contributed by atoms with Crippen molar-refractivity contribution in [2.45, 2.75) is 13.3 Å². The number of rotatable bonds is 4. The minimum Gasteiger partial charge on any atom is -0.478 e. The summed E-state index contributed by atoms with van der Waals surface area (Å²) in [6.45, 7) is 1.88. The highest BCUT2D eigenvalue weighted by Crippen LogP contribution is 2.28. The molecule has 1 aromatic carbocycles. The second-order valence-electron chi connectivity index (χ2n) is 4.05. The summed E-state index contributed by atoms with van der Waals surface area (Å²) in [6, 6.07) is 7.60. The Balaban J connectivity index is 2.37. The van der Waals surface area contributed by atoms with Crippen LogP contribution in [0.1, 0.15) is 23.0 Å². The number of hydrogen-bond acceptors (Lipinski definition) is 3. The quantitative estimate of drug-likeness (QED) is 0.906. The first kappa shape index (κ1) is 14.6. The van der Waals surface area contributed by atoms with Gasteiger partial charge >= 0.3 is 5.97 Å². The summed E-state index contributed by atoms with van der Waals surface area (Å²) in [6.07, 6.45) is 0.605. The lowest BCUT2D eigenvalue weighted by atomic mass is 10.2. The van der Waals surface area contributed by atoms with Gasteiger partial charge in [-0.15, -0.1) is 0 Å². The first-order valence-electron chi connectivity index (χ1n) is 5.86. The van der Waals surface area contributed by atoms with E-state index >= 15 is 0 Å². The largest absolute Gasteiger partial charge is 0.478 e. The third kappa shape index (κ3) is 3.62. The molecule has 1 aromatic heterocycles. The summed E-state index contributed by atoms with van der Waals surface area (Å²) in [5.41, 5.74) is 0.757. The number of aromatic nitrogens is 1. The lowest BCUT2D eigenvalue weighted by Crippen LogP contribution is -2.01. The standard InChI is InChI=1S/C14H11Cl2NO3/c1-2-11-3-8(14(18)19)4-13(17-11)20-12-6-9(15)5-10(16)7-12/h3-7H,2H2,1H3,(H,18,19). The van der Waals surface area contributed by atoms with E-state index in [-0.39, 0.29) is 11.4 Å². The first-order valence-corrected chi connectivity index (χ1v) is 6.61. The molecule has 0 aliphatic rings. The Morgan fingerprint density at radius 3 is 2.40 bits per heavy atom. The molecule has 0 aliphatic heterocycles. The van der Waals surface area contributed by atoms with E-state index in [2.05, 4.69) is 4.98 Å². The second kappa shape index (κ2) is 6.11. The van der Waals surface area contributed by atoms with Crippen LogP contribution in [0, 0.1) is 0 Å². The van der Waals surface area contributed by atoms with Crippen molar-refractivity contribution >= 4 is 29.2 Å². The molecule has 1 N–H and O–H groups in total. The fraction of sp³-hybridized carbons (Fsp3) is 0.143. The average molecular weight is 312 g/mol. The van der Waals surface area contributed by atoms with E-state index in [4.69, 9.17) is 33.0 Å². The zero-order valence-electron chi connectivity index (χ0n) is 10.6. The molecule has 0 spiro atoms. The van der Waals surface area contributed by atoms with Gasteiger partial charge in [0.15, 0.2) is 0 Å². The Morgan fingerprint density at radius 2 is 1.85 bits per heavy atom. The van der Waals surface area contributed by atoms with Gasteiger partial charge < -0.3 is 9.84 Å². The molecule has 0 radical (unpaired) electrons. The van der Waals surface area contributed by atoms with E-state index in [9.17, 15) is 4.79 Å². The van der Waals surface area contributed by atoms with Crippen molar-refractivity contribution in [1.82, 2.24) is 4.98 Å². The first-order chi connectivity index (χ1) is 9.47. The zero-order chi connectivity index (χ0) is 14.7. The summed E-state index contributed by atoms with van der Waals surface area (Å²) in [7, 11) is 0. The molecule has 1 heterocycles. The van der Waals surface area contributed by atoms with Crippen molar-refractivity contribution < 1.29 is 14.6 Å². The van der Waals surface area contributed by atoms with Gasteiger partial charge in [-0.2, -0.15) is 0 Å². The number of pyridine rings is 1. The predicted octanol–water partition coefficient (Wildman–Crippen LogP) is 4.44. The number of hydrogen-bond donors (Lipinski definition) is 1. The van der Waals surface area contributed by atoms with E-state index in [0.29, 0.717) is 27.9 Å². The highest BCUT2D eigenvalue weighted by Gasteiger charge is 2.10. The molecule has 0 atom stereocenters. The Hall–Kier alpha value is -1.78. The highest BCUT2D eigenvalue weighted by atomic mass is 35.5. The fourth-order valence-electron chi connectivity index (χ4n) is 1.63. The lowest BCUT2D eigenvalue weighted by molar-refractivity contribution is 0.0696. The smallest absolute Gasteiger partial charge is 0.335 e. The van der Waals surface area contributed by atoms with Gasteiger partial charge in [0.25, 0.3) is 0 Å². The maximum Gasteiger partial charge on any atom is 0.335 e. The van der Waals surface area contributed by atoms with Crippen LogP contribution in [0.25, 0.3) is 0 Å². The number of halogens is 2. The minimum absolute atomic E-state index is 0.125. The number of ether oxygens (including phenoxy) is 1. The zero-order valence-corrected chi connectivity index (χ0v) is 12.1. The highest BCUT2D eigenvalue weighted by molar-refractivity contribution is 6.34. The van der Waals surface area contributed by atoms with E-state index in [1.54, 1.807) is 18.2 Å². The van der Waals surface area contributed by atoms with Crippen LogP contribution in [-0.2, 0) is 6.42 Å². The molecule has 104 valence electrons. The molecule has 6 heteroatoms. The fourth-order valence-corrected chi connectivity index (χ4v) is 2.13. The molecule has 0 saturated heterocycles. The van der Waals surface area contributed by atoms with Crippen LogP contribution in [0.5, 0.6) is 11.6 Å². The number of aromatic carboxylic acids is 1. The summed E-state index contributed by atoms with van der Waals surface area (Å²) < 4.78 is 5.53. The third-order valence-electron chi connectivity index (χ3n) is 2.52. The molecule has 0 aliphatic carbocycles. The van der Waals surface area contributed by atoms with Crippen LogP contribution in [0.2, 0.25) is 10.0 Å². The lowest BCUT2D eigenvalue weighted by Gasteiger charge is -2.08. The van der Waals surface area contributed by atoms with Crippen LogP contribution in [-0.4, -0.2) is 16.1 Å². The maximum absolute atomic E-state index is 11.1. The number of carbonyl (C=O) groups is 1. The summed E-state index contributed by atoms with van der Waals surface area (Å²) >= 11 is 11.8. The van der Waals surface area contributed by atoms with Gasteiger partial charge in [-0.1, -0.05) is 30.1 Å². The van der Waals surface area contributed by atoms with Crippen LogP contribution in [0.15, 0.2) is 30.3 Å². The van der Waals surface area contributed by atoms with Crippen molar-refractivity contribution in [3.05, 3.63) is 51.6 Å². The molecular formula is C14H11Cl2NO3. The van der Waals surface area contributed by atoms with E-state index in [1.807, 2.05) is 6.92 Å². The molecule has 0 fully saturated rings. The van der Waals surface area contributed by atoms with Gasteiger partial charge in [-0.25, -0.2) is 9.78 Å². The molecule has 0 unspecified atom stereocenters. The molecule has 4 nitrogen and oxygen atoms in total. The van der Waals surface area contributed by atoms with Gasteiger partial charge in [0.1, 0.15) is 5.75 Å². The topological polar surface area (TPSA) is 59.4 Å². The van der Waals surface area contributed by atoms with Crippen LogP contribution >= 0.6 is 23.2 Å². The summed E-state index contributed by atoms with van der Waals surface area (Å²) in [4.78, 5) is 15.3. The Morgan fingerprint density at radius 1 is 1.20 bits per heavy atom. The normalized spacial score (nSPS) is 10.3.